The van der Waals surface area contributed by atoms with Gasteiger partial charge in [-0.25, -0.2) is 4.39 Å². The van der Waals surface area contributed by atoms with E-state index in [1.54, 1.807) is 6.92 Å². The van der Waals surface area contributed by atoms with E-state index in [9.17, 15) is 14.0 Å². The van der Waals surface area contributed by atoms with E-state index in [1.165, 1.54) is 32.9 Å². The number of carbonyl (C=O) groups excluding carboxylic acids is 1. The van der Waals surface area contributed by atoms with Gasteiger partial charge in [0.15, 0.2) is 0 Å². The van der Waals surface area contributed by atoms with Crippen LogP contribution in [-0.2, 0) is 9.59 Å². The molecule has 1 aromatic carbocycles. The van der Waals surface area contributed by atoms with Gasteiger partial charge < -0.3 is 38.2 Å². The van der Waals surface area contributed by atoms with Crippen LogP contribution >= 0.6 is 11.6 Å². The molecule has 4 nitrogen and oxygen atoms in total. The van der Waals surface area contributed by atoms with Crippen molar-refractivity contribution in [2.24, 2.45) is 0 Å². The molecular weight excluding hydrogens is 476 g/mol. The number of hydrogen-bond donors (Lipinski definition) is 1. The molecule has 0 aromatic heterocycles. The number of hydrogen-bond acceptors (Lipinski definition) is 3. The Morgan fingerprint density at radius 3 is 2.09 bits per heavy atom. The Balaban J connectivity index is -0.000000422. The van der Waals surface area contributed by atoms with Crippen LogP contribution in [0.1, 0.15) is 71.8 Å². The van der Waals surface area contributed by atoms with Crippen molar-refractivity contribution in [1.82, 2.24) is 4.90 Å². The number of allylic oxidation sites excluding steroid dienone is 2. The van der Waals surface area contributed by atoms with Crippen molar-refractivity contribution in [2.45, 2.75) is 79.3 Å². The number of aryl methyl sites for hydroxylation is 1. The van der Waals surface area contributed by atoms with Crippen LogP contribution in [0.4, 0.5) is 4.39 Å². The second kappa shape index (κ2) is 24.6. The predicted octanol–water partition coefficient (Wildman–Crippen LogP) is 4.26. The summed E-state index contributed by atoms with van der Waals surface area (Å²) in [4.78, 5) is 22.5. The minimum absolute atomic E-state index is 0. The quantitative estimate of drug-likeness (QED) is 0.333. The summed E-state index contributed by atoms with van der Waals surface area (Å²) in [6.07, 6.45) is 8.88. The van der Waals surface area contributed by atoms with Crippen molar-refractivity contribution in [1.29, 1.82) is 0 Å². The van der Waals surface area contributed by atoms with Crippen molar-refractivity contribution in [2.75, 3.05) is 20.1 Å². The van der Waals surface area contributed by atoms with Crippen molar-refractivity contribution in [3.05, 3.63) is 65.1 Å². The zero-order valence-electron chi connectivity index (χ0n) is 22.7. The fourth-order valence-electron chi connectivity index (χ4n) is 2.88. The molecule has 1 unspecified atom stereocenters. The predicted molar refractivity (Wildman–Crippen MR) is 140 cm³/mol. The topological polar surface area (TPSA) is 57.6 Å². The molecule has 7 heteroatoms. The van der Waals surface area contributed by atoms with Gasteiger partial charge in [-0.05, 0) is 70.7 Å². The first-order valence-corrected chi connectivity index (χ1v) is 12.2. The molecule has 2 rings (SSSR count). The van der Waals surface area contributed by atoms with E-state index in [0.717, 1.165) is 10.6 Å². The maximum atomic E-state index is 13.0. The first-order chi connectivity index (χ1) is 16.0. The Morgan fingerprint density at radius 2 is 1.74 bits per heavy atom. The maximum absolute atomic E-state index is 13.0. The Hall–Kier alpha value is -1.11. The molecular formula is C28H42ClFNNaO3-2. The van der Waals surface area contributed by atoms with E-state index in [1.807, 2.05) is 31.2 Å². The molecule has 0 amide bonds. The number of carbonyl (C=O) groups is 2. The average molecular weight is 518 g/mol. The molecule has 1 aromatic rings. The average Bonchev–Trinajstić information content (AvgIpc) is 2.75. The van der Waals surface area contributed by atoms with Crippen LogP contribution in [0.15, 0.2) is 35.4 Å². The van der Waals surface area contributed by atoms with Gasteiger partial charge in [-0.3, -0.25) is 11.6 Å². The number of alkyl halides is 1. The zero-order chi connectivity index (χ0) is 26.5. The molecule has 0 fully saturated rings. The number of benzene rings is 1. The van der Waals surface area contributed by atoms with Gasteiger partial charge in [-0.1, -0.05) is 57.0 Å². The molecule has 0 saturated heterocycles. The first kappa shape index (κ1) is 38.4. The zero-order valence-corrected chi connectivity index (χ0v) is 25.5. The van der Waals surface area contributed by atoms with Crippen molar-refractivity contribution in [3.63, 3.8) is 0 Å². The van der Waals surface area contributed by atoms with Gasteiger partial charge in [0.2, 0.25) is 0 Å². The summed E-state index contributed by atoms with van der Waals surface area (Å²) in [6.45, 7) is 15.1. The molecule has 194 valence electrons. The largest absolute Gasteiger partial charge is 1.00 e. The van der Waals surface area contributed by atoms with Gasteiger partial charge in [-0.2, -0.15) is 0 Å². The third kappa shape index (κ3) is 23.1. The molecule has 0 spiro atoms. The Bertz CT molecular complexity index is 737. The van der Waals surface area contributed by atoms with Gasteiger partial charge >= 0.3 is 29.6 Å². The van der Waals surface area contributed by atoms with Crippen LogP contribution in [0.2, 0.25) is 5.02 Å². The normalized spacial score (nSPS) is 14.5. The second-order valence-electron chi connectivity index (χ2n) is 7.96. The van der Waals surface area contributed by atoms with Crippen molar-refractivity contribution >= 4 is 23.4 Å². The minimum atomic E-state index is -1.04. The van der Waals surface area contributed by atoms with E-state index in [0.29, 0.717) is 24.8 Å². The van der Waals surface area contributed by atoms with Crippen LogP contribution < -0.4 is 29.6 Å². The van der Waals surface area contributed by atoms with Gasteiger partial charge in [0.25, 0.3) is 0 Å². The Kier molecular flexibility index (Phi) is 27.0. The second-order valence-corrected chi connectivity index (χ2v) is 8.37. The standard InChI is InChI=1S/C11H13FO2.C7H7Cl.C7H17N.C3H5O.Na/c1-2-4-10(11(13)14)8-5-3-6-9(12)7-8;1-6-4-2-3-5-7(6)8;1-4-6-8(3)7-5-2;1-3(2)4;/h9H,2-3,6-7H2,1H3,(H,13,14);2-5H,1H3;4-7H2,1-3H3;1H2,2H3;/q-2;;;-1;+1. The smallest absolute Gasteiger partial charge is 0.548 e. The maximum Gasteiger partial charge on any atom is 1.00 e. The Labute approximate surface area is 240 Å². The van der Waals surface area contributed by atoms with E-state index in [-0.39, 0.29) is 47.3 Å². The summed E-state index contributed by atoms with van der Waals surface area (Å²) in [5, 5.41) is 9.70. The van der Waals surface area contributed by atoms with Crippen LogP contribution in [-0.4, -0.2) is 48.1 Å². The van der Waals surface area contributed by atoms with Crippen LogP contribution in [0.5, 0.6) is 0 Å². The number of carboxylic acids is 1. The first-order valence-electron chi connectivity index (χ1n) is 11.8. The fraction of sp³-hybridized carbons (Fsp3) is 0.536. The molecule has 1 N–H and O–H groups in total. The third-order valence-corrected chi connectivity index (χ3v) is 4.80. The third-order valence-electron chi connectivity index (χ3n) is 4.38. The summed E-state index contributed by atoms with van der Waals surface area (Å²) in [5.41, 5.74) is 1.70. The number of carboxylic acid groups (broad SMARTS) is 1. The molecule has 1 atom stereocenters. The van der Waals surface area contributed by atoms with Crippen molar-refractivity contribution < 1.29 is 48.6 Å². The molecule has 0 saturated carbocycles. The summed E-state index contributed by atoms with van der Waals surface area (Å²) < 4.78 is 13.0. The van der Waals surface area contributed by atoms with E-state index < -0.39 is 12.1 Å². The Morgan fingerprint density at radius 1 is 1.23 bits per heavy atom. The number of Topliss-reactive ketones (excluding diaryl/α,β-unsaturated/α-hetero) is 1. The molecule has 1 aliphatic rings. The molecule has 0 radical (unpaired) electrons. The van der Waals surface area contributed by atoms with E-state index in [4.69, 9.17) is 16.7 Å². The number of nitrogens with zero attached hydrogens (tertiary/aromatic N) is 1. The SMILES string of the molecule is CCCN(C)CCC.CC[C-]=C(C(=O)O)C1=[C-]CCC(F)C1.Cc1ccccc1Cl.[CH2-]C(C)=O.[Na+]. The van der Waals surface area contributed by atoms with E-state index in [2.05, 4.69) is 44.9 Å². The monoisotopic (exact) mass is 517 g/mol. The number of halogens is 2. The molecule has 0 heterocycles. The minimum Gasteiger partial charge on any atom is -0.548 e. The van der Waals surface area contributed by atoms with Gasteiger partial charge in [0.1, 0.15) is 5.97 Å². The molecule has 0 aliphatic heterocycles. The fourth-order valence-corrected chi connectivity index (χ4v) is 3.02. The summed E-state index contributed by atoms with van der Waals surface area (Å²) >= 11 is 5.71. The molecule has 35 heavy (non-hydrogen) atoms. The summed E-state index contributed by atoms with van der Waals surface area (Å²) in [7, 11) is 2.17. The number of aliphatic carboxylic acids is 1. The van der Waals surface area contributed by atoms with Crippen LogP contribution in [0.25, 0.3) is 0 Å². The van der Waals surface area contributed by atoms with Crippen molar-refractivity contribution in [3.8, 4) is 0 Å². The molecule has 1 aliphatic carbocycles. The number of ketones is 1. The summed E-state index contributed by atoms with van der Waals surface area (Å²) in [5.74, 6) is -1.12. The van der Waals surface area contributed by atoms with Crippen LogP contribution in [0, 0.1) is 26.0 Å². The summed E-state index contributed by atoms with van der Waals surface area (Å²) in [6, 6.07) is 7.77. The van der Waals surface area contributed by atoms with Crippen LogP contribution in [0.3, 0.4) is 0 Å². The van der Waals surface area contributed by atoms with E-state index >= 15 is 0 Å². The molecule has 0 bridgehead atoms. The van der Waals surface area contributed by atoms with Gasteiger partial charge in [0.05, 0.1) is 6.17 Å². The number of rotatable bonds is 7. The van der Waals surface area contributed by atoms with Gasteiger partial charge in [-0.15, -0.1) is 12.8 Å². The van der Waals surface area contributed by atoms with Gasteiger partial charge in [0, 0.05) is 5.02 Å².